The summed E-state index contributed by atoms with van der Waals surface area (Å²) in [5.74, 6) is 1.06. The number of aromatic nitrogens is 3. The summed E-state index contributed by atoms with van der Waals surface area (Å²) < 4.78 is 2.02. The van der Waals surface area contributed by atoms with Gasteiger partial charge in [-0.2, -0.15) is 5.10 Å². The molecule has 5 heteroatoms. The normalized spacial score (nSPS) is 20.0. The Morgan fingerprint density at radius 2 is 1.83 bits per heavy atom. The van der Waals surface area contributed by atoms with Crippen LogP contribution in [0.4, 0.5) is 0 Å². The van der Waals surface area contributed by atoms with Gasteiger partial charge in [-0.3, -0.25) is 9.48 Å². The van der Waals surface area contributed by atoms with E-state index in [4.69, 9.17) is 0 Å². The van der Waals surface area contributed by atoms with Crippen LogP contribution in [0.3, 0.4) is 0 Å². The molecular formula is C24H34N4O. The molecule has 1 saturated heterocycles. The van der Waals surface area contributed by atoms with Crippen LogP contribution in [0.2, 0.25) is 0 Å². The fourth-order valence-corrected chi connectivity index (χ4v) is 5.41. The van der Waals surface area contributed by atoms with Gasteiger partial charge in [0, 0.05) is 26.1 Å². The third kappa shape index (κ3) is 4.88. The van der Waals surface area contributed by atoms with E-state index < -0.39 is 0 Å². The summed E-state index contributed by atoms with van der Waals surface area (Å²) in [6.07, 6.45) is 13.9. The fraction of sp³-hybridized carbons (Fsp3) is 0.625. The van der Waals surface area contributed by atoms with Crippen LogP contribution in [0.15, 0.2) is 36.9 Å². The smallest absolute Gasteiger partial charge is 0.222 e. The van der Waals surface area contributed by atoms with E-state index in [9.17, 15) is 4.79 Å². The lowest BCUT2D eigenvalue weighted by Crippen LogP contribution is -2.48. The van der Waals surface area contributed by atoms with Crippen LogP contribution in [-0.4, -0.2) is 38.7 Å². The number of nitrogens with zero attached hydrogens (tertiary/aromatic N) is 4. The Kier molecular flexibility index (Phi) is 6.31. The third-order valence-corrected chi connectivity index (χ3v) is 7.27. The van der Waals surface area contributed by atoms with E-state index >= 15 is 0 Å². The van der Waals surface area contributed by atoms with Gasteiger partial charge in [-0.1, -0.05) is 49.1 Å². The monoisotopic (exact) mass is 394 g/mol. The topological polar surface area (TPSA) is 51.0 Å². The number of hydrogen-bond donors (Lipinski definition) is 0. The van der Waals surface area contributed by atoms with E-state index in [0.717, 1.165) is 44.8 Å². The summed E-state index contributed by atoms with van der Waals surface area (Å²) in [6, 6.07) is 8.54. The highest BCUT2D eigenvalue weighted by molar-refractivity contribution is 5.76. The van der Waals surface area contributed by atoms with Crippen molar-refractivity contribution in [3.63, 3.8) is 0 Å². The molecule has 0 bridgehead atoms. The molecule has 0 radical (unpaired) electrons. The second kappa shape index (κ2) is 9.10. The number of aryl methyl sites for hydroxylation is 2. The van der Waals surface area contributed by atoms with Crippen LogP contribution in [-0.2, 0) is 17.8 Å². The van der Waals surface area contributed by atoms with Gasteiger partial charge in [-0.25, -0.2) is 4.98 Å². The molecule has 1 amide bonds. The molecule has 1 aromatic carbocycles. The predicted molar refractivity (Wildman–Crippen MR) is 114 cm³/mol. The van der Waals surface area contributed by atoms with E-state index in [1.54, 1.807) is 6.33 Å². The van der Waals surface area contributed by atoms with Crippen LogP contribution in [0, 0.1) is 18.3 Å². The van der Waals surface area contributed by atoms with Crippen molar-refractivity contribution < 1.29 is 4.79 Å². The lowest BCUT2D eigenvalue weighted by Gasteiger charge is -2.48. The van der Waals surface area contributed by atoms with Crippen LogP contribution in [0.5, 0.6) is 0 Å². The van der Waals surface area contributed by atoms with Crippen LogP contribution in [0.25, 0.3) is 0 Å². The summed E-state index contributed by atoms with van der Waals surface area (Å²) in [5.41, 5.74) is 2.79. The Bertz CT molecular complexity index is 770. The quantitative estimate of drug-likeness (QED) is 0.729. The van der Waals surface area contributed by atoms with Crippen molar-refractivity contribution in [1.29, 1.82) is 0 Å². The first-order chi connectivity index (χ1) is 14.1. The molecule has 1 saturated carbocycles. The Labute approximate surface area is 174 Å². The van der Waals surface area contributed by atoms with Crippen molar-refractivity contribution >= 4 is 5.91 Å². The van der Waals surface area contributed by atoms with Gasteiger partial charge in [-0.05, 0) is 55.9 Å². The van der Waals surface area contributed by atoms with Gasteiger partial charge in [0.25, 0.3) is 0 Å². The van der Waals surface area contributed by atoms with Gasteiger partial charge >= 0.3 is 0 Å². The standard InChI is InChI=1S/C24H34N4O/c1-20-7-9-21(10-8-20)11-12-23(29)27-15-13-24(14-16-27,17-28-19-25-18-26-28)22-5-3-2-4-6-22/h7-10,18-19,22H,2-6,11-17H2,1H3. The van der Waals surface area contributed by atoms with Crippen LogP contribution >= 0.6 is 0 Å². The first-order valence-electron chi connectivity index (χ1n) is 11.3. The average Bonchev–Trinajstić information content (AvgIpc) is 3.27. The average molecular weight is 395 g/mol. The summed E-state index contributed by atoms with van der Waals surface area (Å²) in [5, 5.41) is 4.40. The Morgan fingerprint density at radius 3 is 2.48 bits per heavy atom. The lowest BCUT2D eigenvalue weighted by molar-refractivity contribution is -0.134. The van der Waals surface area contributed by atoms with Crippen molar-refractivity contribution in [3.8, 4) is 0 Å². The minimum atomic E-state index is 0.266. The second-order valence-electron chi connectivity index (χ2n) is 9.16. The van der Waals surface area contributed by atoms with Gasteiger partial charge in [0.15, 0.2) is 0 Å². The fourth-order valence-electron chi connectivity index (χ4n) is 5.41. The highest BCUT2D eigenvalue weighted by Gasteiger charge is 2.42. The highest BCUT2D eigenvalue weighted by atomic mass is 16.2. The first-order valence-corrected chi connectivity index (χ1v) is 11.3. The number of carbonyl (C=O) groups excluding carboxylic acids is 1. The van der Waals surface area contributed by atoms with E-state index in [0.29, 0.717) is 12.3 Å². The molecule has 2 fully saturated rings. The SMILES string of the molecule is Cc1ccc(CCC(=O)N2CCC(Cn3cncn3)(C3CCCCC3)CC2)cc1. The van der Waals surface area contributed by atoms with Gasteiger partial charge in [0.1, 0.15) is 12.7 Å². The molecule has 0 N–H and O–H groups in total. The van der Waals surface area contributed by atoms with Gasteiger partial charge in [0.05, 0.1) is 0 Å². The molecule has 2 aromatic rings. The van der Waals surface area contributed by atoms with Gasteiger partial charge in [0.2, 0.25) is 5.91 Å². The van der Waals surface area contributed by atoms with Crippen LogP contribution < -0.4 is 0 Å². The molecule has 0 spiro atoms. The third-order valence-electron chi connectivity index (χ3n) is 7.27. The van der Waals surface area contributed by atoms with Crippen molar-refractivity contribution in [2.24, 2.45) is 11.3 Å². The first kappa shape index (κ1) is 20.1. The highest BCUT2D eigenvalue weighted by Crippen LogP contribution is 2.47. The summed E-state index contributed by atoms with van der Waals surface area (Å²) in [7, 11) is 0. The predicted octanol–water partition coefficient (Wildman–Crippen LogP) is 4.41. The summed E-state index contributed by atoms with van der Waals surface area (Å²) in [4.78, 5) is 19.1. The summed E-state index contributed by atoms with van der Waals surface area (Å²) >= 11 is 0. The van der Waals surface area contributed by atoms with Crippen molar-refractivity contribution in [2.45, 2.75) is 71.3 Å². The minimum absolute atomic E-state index is 0.266. The number of rotatable bonds is 6. The molecule has 0 unspecified atom stereocenters. The Hall–Kier alpha value is -2.17. The van der Waals surface area contributed by atoms with Gasteiger partial charge in [-0.15, -0.1) is 0 Å². The molecule has 1 aromatic heterocycles. The second-order valence-corrected chi connectivity index (χ2v) is 9.16. The maximum absolute atomic E-state index is 12.8. The molecule has 5 nitrogen and oxygen atoms in total. The largest absolute Gasteiger partial charge is 0.343 e. The zero-order valence-corrected chi connectivity index (χ0v) is 17.7. The zero-order valence-electron chi connectivity index (χ0n) is 17.7. The number of likely N-dealkylation sites (tertiary alicyclic amines) is 1. The molecule has 2 aliphatic rings. The number of hydrogen-bond acceptors (Lipinski definition) is 3. The summed E-state index contributed by atoms with van der Waals surface area (Å²) in [6.45, 7) is 4.82. The van der Waals surface area contributed by atoms with Crippen LogP contribution in [0.1, 0.15) is 62.5 Å². The maximum Gasteiger partial charge on any atom is 0.222 e. The van der Waals surface area contributed by atoms with E-state index in [2.05, 4.69) is 46.2 Å². The van der Waals surface area contributed by atoms with Gasteiger partial charge < -0.3 is 4.90 Å². The number of benzene rings is 1. The Morgan fingerprint density at radius 1 is 1.10 bits per heavy atom. The maximum atomic E-state index is 12.8. The van der Waals surface area contributed by atoms with Crippen molar-refractivity contribution in [1.82, 2.24) is 19.7 Å². The lowest BCUT2D eigenvalue weighted by atomic mass is 9.63. The minimum Gasteiger partial charge on any atom is -0.343 e. The molecule has 156 valence electrons. The molecule has 1 aliphatic heterocycles. The molecule has 1 aliphatic carbocycles. The van der Waals surface area contributed by atoms with E-state index in [1.165, 1.54) is 43.2 Å². The Balaban J connectivity index is 1.36. The van der Waals surface area contributed by atoms with Crippen molar-refractivity contribution in [3.05, 3.63) is 48.0 Å². The molecule has 4 rings (SSSR count). The zero-order chi connectivity index (χ0) is 20.1. The van der Waals surface area contributed by atoms with E-state index in [-0.39, 0.29) is 5.41 Å². The number of carbonyl (C=O) groups is 1. The molecule has 29 heavy (non-hydrogen) atoms. The van der Waals surface area contributed by atoms with E-state index in [1.807, 2.05) is 11.0 Å². The van der Waals surface area contributed by atoms with Crippen molar-refractivity contribution in [2.75, 3.05) is 13.1 Å². The molecule has 2 heterocycles. The number of amides is 1. The number of piperidine rings is 1. The molecular weight excluding hydrogens is 360 g/mol. The molecule has 0 atom stereocenters.